The molecule has 2 aliphatic rings. The second-order valence-corrected chi connectivity index (χ2v) is 11.8. The average molecular weight is 578 g/mol. The molecule has 2 atom stereocenters. The van der Waals surface area contributed by atoms with Crippen molar-refractivity contribution in [2.75, 3.05) is 18.7 Å². The number of fused-ring (bicyclic) bond motifs is 2. The molecule has 0 bridgehead atoms. The molecule has 206 valence electrons. The van der Waals surface area contributed by atoms with Crippen molar-refractivity contribution in [3.8, 4) is 23.0 Å². The van der Waals surface area contributed by atoms with Crippen LogP contribution in [0, 0.1) is 5.92 Å². The molecule has 0 saturated heterocycles. The number of benzene rings is 2. The zero-order valence-electron chi connectivity index (χ0n) is 22.0. The molecule has 1 aliphatic carbocycles. The number of rotatable bonds is 8. The second-order valence-electron chi connectivity index (χ2n) is 9.62. The summed E-state index contributed by atoms with van der Waals surface area (Å²) in [5, 5.41) is 11.5. The molecule has 3 heterocycles. The number of amides is 1. The average Bonchev–Trinajstić information content (AvgIpc) is 3.70. The van der Waals surface area contributed by atoms with Gasteiger partial charge in [0.25, 0.3) is 5.22 Å². The maximum Gasteiger partial charge on any atom is 0.341 e. The fourth-order valence-corrected chi connectivity index (χ4v) is 7.12. The van der Waals surface area contributed by atoms with Crippen LogP contribution < -0.4 is 14.8 Å². The van der Waals surface area contributed by atoms with Crippen LogP contribution in [-0.4, -0.2) is 35.5 Å². The van der Waals surface area contributed by atoms with Gasteiger partial charge >= 0.3 is 5.97 Å². The number of aromatic nitrogens is 2. The number of esters is 1. The molecule has 6 rings (SSSR count). The SMILES string of the molecule is CCOC(=O)c1c(NC(=O)[C@H](Sc2nnc(-c3ccc4c(c3)OCO4)o2)c2ccccc2)sc2c1CC[C@H](C)C2. The van der Waals surface area contributed by atoms with Gasteiger partial charge < -0.3 is 23.9 Å². The van der Waals surface area contributed by atoms with Crippen molar-refractivity contribution in [1.29, 1.82) is 0 Å². The van der Waals surface area contributed by atoms with Gasteiger partial charge in [0.1, 0.15) is 10.3 Å². The molecular weight excluding hydrogens is 550 g/mol. The summed E-state index contributed by atoms with van der Waals surface area (Å²) in [7, 11) is 0. The van der Waals surface area contributed by atoms with E-state index in [0.29, 0.717) is 39.4 Å². The summed E-state index contributed by atoms with van der Waals surface area (Å²) in [6.07, 6.45) is 2.66. The van der Waals surface area contributed by atoms with E-state index < -0.39 is 11.2 Å². The van der Waals surface area contributed by atoms with Crippen molar-refractivity contribution in [3.63, 3.8) is 0 Å². The van der Waals surface area contributed by atoms with E-state index in [9.17, 15) is 9.59 Å². The number of ether oxygens (including phenoxy) is 3. The number of carbonyl (C=O) groups is 2. The maximum atomic E-state index is 13.8. The Bertz CT molecular complexity index is 1550. The minimum absolute atomic E-state index is 0.168. The Labute approximate surface area is 239 Å². The number of hydrogen-bond donors (Lipinski definition) is 1. The van der Waals surface area contributed by atoms with Crippen molar-refractivity contribution in [2.45, 2.75) is 43.6 Å². The summed E-state index contributed by atoms with van der Waals surface area (Å²) in [5.74, 6) is 1.39. The minimum atomic E-state index is -0.709. The smallest absolute Gasteiger partial charge is 0.341 e. The molecule has 0 fully saturated rings. The van der Waals surface area contributed by atoms with E-state index in [-0.39, 0.29) is 24.5 Å². The van der Waals surface area contributed by atoms with Crippen LogP contribution >= 0.6 is 23.1 Å². The van der Waals surface area contributed by atoms with Crippen molar-refractivity contribution < 1.29 is 28.2 Å². The van der Waals surface area contributed by atoms with Crippen LogP contribution in [0.5, 0.6) is 11.5 Å². The van der Waals surface area contributed by atoms with Gasteiger partial charge in [0.15, 0.2) is 11.5 Å². The quantitative estimate of drug-likeness (QED) is 0.190. The lowest BCUT2D eigenvalue weighted by Gasteiger charge is -2.18. The first kappa shape index (κ1) is 26.4. The van der Waals surface area contributed by atoms with Gasteiger partial charge in [-0.25, -0.2) is 4.79 Å². The van der Waals surface area contributed by atoms with Crippen molar-refractivity contribution in [2.24, 2.45) is 5.92 Å². The van der Waals surface area contributed by atoms with Gasteiger partial charge in [-0.3, -0.25) is 4.79 Å². The Morgan fingerprint density at radius 2 is 1.98 bits per heavy atom. The molecule has 0 saturated carbocycles. The number of nitrogens with zero attached hydrogens (tertiary/aromatic N) is 2. The monoisotopic (exact) mass is 577 g/mol. The van der Waals surface area contributed by atoms with Crippen LogP contribution in [0.25, 0.3) is 11.5 Å². The zero-order chi connectivity index (χ0) is 27.6. The van der Waals surface area contributed by atoms with Crippen LogP contribution in [0.4, 0.5) is 5.00 Å². The highest BCUT2D eigenvalue weighted by Crippen LogP contribution is 2.43. The summed E-state index contributed by atoms with van der Waals surface area (Å²) in [5.41, 5.74) is 2.91. The maximum absolute atomic E-state index is 13.8. The third kappa shape index (κ3) is 5.31. The summed E-state index contributed by atoms with van der Waals surface area (Å²) in [4.78, 5) is 27.9. The summed E-state index contributed by atoms with van der Waals surface area (Å²) >= 11 is 2.61. The molecule has 0 radical (unpaired) electrons. The van der Waals surface area contributed by atoms with Gasteiger partial charge in [-0.2, -0.15) is 0 Å². The van der Waals surface area contributed by atoms with Crippen molar-refractivity contribution >= 4 is 40.0 Å². The number of anilines is 1. The van der Waals surface area contributed by atoms with Crippen LogP contribution in [0.3, 0.4) is 0 Å². The second kappa shape index (κ2) is 11.3. The van der Waals surface area contributed by atoms with E-state index in [2.05, 4.69) is 22.4 Å². The van der Waals surface area contributed by atoms with Gasteiger partial charge in [-0.15, -0.1) is 21.5 Å². The molecule has 2 aromatic carbocycles. The lowest BCUT2D eigenvalue weighted by molar-refractivity contribution is -0.115. The first-order chi connectivity index (χ1) is 19.5. The van der Waals surface area contributed by atoms with Crippen LogP contribution in [0.2, 0.25) is 0 Å². The van der Waals surface area contributed by atoms with Crippen molar-refractivity contribution in [1.82, 2.24) is 10.2 Å². The van der Waals surface area contributed by atoms with Crippen molar-refractivity contribution in [3.05, 3.63) is 70.1 Å². The number of thioether (sulfide) groups is 1. The van der Waals surface area contributed by atoms with Gasteiger partial charge in [-0.1, -0.05) is 37.3 Å². The Kier molecular flexibility index (Phi) is 7.48. The van der Waals surface area contributed by atoms with E-state index in [1.54, 1.807) is 19.1 Å². The summed E-state index contributed by atoms with van der Waals surface area (Å²) in [6, 6.07) is 14.8. The molecule has 9 nitrogen and oxygen atoms in total. The third-order valence-electron chi connectivity index (χ3n) is 6.81. The highest BCUT2D eigenvalue weighted by Gasteiger charge is 2.32. The fourth-order valence-electron chi connectivity index (χ4n) is 4.84. The Balaban J connectivity index is 1.28. The number of nitrogens with one attached hydrogen (secondary N) is 1. The highest BCUT2D eigenvalue weighted by molar-refractivity contribution is 8.00. The van der Waals surface area contributed by atoms with E-state index >= 15 is 0 Å². The zero-order valence-corrected chi connectivity index (χ0v) is 23.6. The van der Waals surface area contributed by atoms with Crippen LogP contribution in [-0.2, 0) is 22.4 Å². The molecule has 40 heavy (non-hydrogen) atoms. The van der Waals surface area contributed by atoms with Gasteiger partial charge in [-0.05, 0) is 73.2 Å². The topological polar surface area (TPSA) is 113 Å². The molecule has 4 aromatic rings. The molecule has 0 spiro atoms. The van der Waals surface area contributed by atoms with Gasteiger partial charge in [0.05, 0.1) is 12.2 Å². The predicted molar refractivity (Wildman–Crippen MR) is 151 cm³/mol. The molecule has 2 aromatic heterocycles. The highest BCUT2D eigenvalue weighted by atomic mass is 32.2. The predicted octanol–water partition coefficient (Wildman–Crippen LogP) is 6.30. The minimum Gasteiger partial charge on any atom is -0.462 e. The molecule has 1 N–H and O–H groups in total. The lowest BCUT2D eigenvalue weighted by atomic mass is 9.88. The first-order valence-corrected chi connectivity index (χ1v) is 14.8. The van der Waals surface area contributed by atoms with E-state index in [0.717, 1.165) is 47.0 Å². The number of carbonyl (C=O) groups excluding carboxylic acids is 2. The summed E-state index contributed by atoms with van der Waals surface area (Å²) < 4.78 is 22.2. The number of hydrogen-bond acceptors (Lipinski definition) is 10. The molecule has 0 unspecified atom stereocenters. The van der Waals surface area contributed by atoms with E-state index in [1.807, 2.05) is 36.4 Å². The lowest BCUT2D eigenvalue weighted by Crippen LogP contribution is -2.20. The van der Waals surface area contributed by atoms with Crippen LogP contribution in [0.15, 0.2) is 58.2 Å². The first-order valence-electron chi connectivity index (χ1n) is 13.1. The fraction of sp³-hybridized carbons (Fsp3) is 0.310. The van der Waals surface area contributed by atoms with Gasteiger partial charge in [0.2, 0.25) is 18.6 Å². The standard InChI is InChI=1S/C29H27N3O6S2/c1-3-35-28(34)23-19-11-9-16(2)13-22(19)39-27(23)30-25(33)24(17-7-5-4-6-8-17)40-29-32-31-26(38-29)18-10-12-20-21(14-18)37-15-36-20/h4-8,10,12,14,16,24H,3,9,11,13,15H2,1-2H3,(H,30,33)/t16-,24+/m0/s1. The third-order valence-corrected chi connectivity index (χ3v) is 9.07. The molecule has 1 aliphatic heterocycles. The summed E-state index contributed by atoms with van der Waals surface area (Å²) in [6.45, 7) is 4.41. The Morgan fingerprint density at radius 1 is 1.15 bits per heavy atom. The largest absolute Gasteiger partial charge is 0.462 e. The van der Waals surface area contributed by atoms with Gasteiger partial charge in [0, 0.05) is 10.4 Å². The molecule has 11 heteroatoms. The number of thiophene rings is 1. The molecule has 1 amide bonds. The van der Waals surface area contributed by atoms with E-state index in [1.165, 1.54) is 11.3 Å². The Morgan fingerprint density at radius 3 is 2.80 bits per heavy atom. The molecular formula is C29H27N3O6S2. The normalized spacial score (nSPS) is 16.3. The van der Waals surface area contributed by atoms with E-state index in [4.69, 9.17) is 18.6 Å². The Hall–Kier alpha value is -3.83. The van der Waals surface area contributed by atoms with Crippen LogP contribution in [0.1, 0.15) is 51.9 Å².